The smallest absolute Gasteiger partial charge is 0.0608 e. The van der Waals surface area contributed by atoms with Crippen LogP contribution in [0.25, 0.3) is 0 Å². The zero-order chi connectivity index (χ0) is 4.28. The molecule has 0 nitrogen and oxygen atoms in total. The number of rotatable bonds is 0. The largest absolute Gasteiger partial charge is 0.0906 e. The van der Waals surface area contributed by atoms with Crippen molar-refractivity contribution in [1.29, 1.82) is 0 Å². The van der Waals surface area contributed by atoms with Crippen molar-refractivity contribution in [3.05, 3.63) is 0 Å². The molecule has 0 heterocycles. The van der Waals surface area contributed by atoms with E-state index in [1.807, 2.05) is 0 Å². The van der Waals surface area contributed by atoms with Gasteiger partial charge in [0.1, 0.15) is 0 Å². The Hall–Kier alpha value is 1.17. The summed E-state index contributed by atoms with van der Waals surface area (Å²) < 4.78 is 0. The van der Waals surface area contributed by atoms with E-state index in [1.54, 1.807) is 0 Å². The van der Waals surface area contributed by atoms with Gasteiger partial charge in [-0.1, -0.05) is 34.1 Å². The number of hydrogen-bond acceptors (Lipinski definition) is 0. The molecule has 0 aromatic carbocycles. The van der Waals surface area contributed by atoms with Gasteiger partial charge in [0, 0.05) is 5.26 Å². The van der Waals surface area contributed by atoms with Gasteiger partial charge in [0.25, 0.3) is 0 Å². The summed E-state index contributed by atoms with van der Waals surface area (Å²) >= 11 is 15.3. The lowest BCUT2D eigenvalue weighted by molar-refractivity contribution is 4.12. The van der Waals surface area contributed by atoms with Gasteiger partial charge in [-0.3, -0.25) is 0 Å². The summed E-state index contributed by atoms with van der Waals surface area (Å²) in [6.07, 6.45) is -1.29. The van der Waals surface area contributed by atoms with Crippen molar-refractivity contribution in [3.8, 4) is 0 Å². The molecule has 0 aliphatic rings. The van der Waals surface area contributed by atoms with Gasteiger partial charge in [0.15, 0.2) is 0 Å². The Labute approximate surface area is 46.0 Å². The lowest BCUT2D eigenvalue weighted by atomic mass is 11.9. The summed E-state index contributed by atoms with van der Waals surface area (Å²) in [6.45, 7) is 0. The normalized spacial score (nSPS) is 8.80. The Balaban J connectivity index is 3.14. The van der Waals surface area contributed by atoms with Crippen molar-refractivity contribution in [2.45, 2.75) is 0 Å². The topological polar surface area (TPSA) is 0 Å². The Bertz CT molecular complexity index is 44.9. The second-order valence-corrected chi connectivity index (χ2v) is 4.87. The van der Waals surface area contributed by atoms with Gasteiger partial charge in [-0.25, -0.2) is 0 Å². The van der Waals surface area contributed by atoms with Crippen LogP contribution in [0.4, 0.5) is 0 Å². The Morgan fingerprint density at radius 2 is 1.60 bits per heavy atom. The monoisotopic (exact) mass is 150 g/mol. The van der Waals surface area contributed by atoms with Crippen LogP contribution in [0.2, 0.25) is 0 Å². The van der Waals surface area contributed by atoms with Crippen LogP contribution < -0.4 is 0 Å². The van der Waals surface area contributed by atoms with Gasteiger partial charge in [0.2, 0.25) is 0 Å². The Kier molecular flexibility index (Phi) is 4.15. The molecule has 0 unspecified atom stereocenters. The maximum absolute atomic E-state index is 5.14. The molecule has 0 aromatic heterocycles. The zero-order valence-corrected chi connectivity index (χ0v) is 5.48. The number of hydrogen-bond donors (Lipinski definition) is 0. The highest BCUT2D eigenvalue weighted by atomic mass is 35.9. The second kappa shape index (κ2) is 3.36. The summed E-state index contributed by atoms with van der Waals surface area (Å²) in [5.74, 6) is 0. The lowest BCUT2D eigenvalue weighted by Crippen LogP contribution is -1.25. The third kappa shape index (κ3) is 5.17. The highest BCUT2D eigenvalue weighted by Gasteiger charge is 1.67. The molecule has 0 N–H and O–H groups in total. The first kappa shape index (κ1) is 6.17. The van der Waals surface area contributed by atoms with Crippen LogP contribution in [-0.4, -0.2) is 5.26 Å². The van der Waals surface area contributed by atoms with Crippen molar-refractivity contribution in [3.63, 3.8) is 0 Å². The predicted molar refractivity (Wildman–Crippen MR) is 31.9 cm³/mol. The van der Waals surface area contributed by atoms with Crippen molar-refractivity contribution in [2.24, 2.45) is 0 Å². The van der Waals surface area contributed by atoms with E-state index in [1.165, 1.54) is 5.26 Å². The van der Waals surface area contributed by atoms with E-state index < -0.39 is 6.25 Å². The molecular formula is CH2Cl3P. The Morgan fingerprint density at radius 3 is 1.60 bits per heavy atom. The van der Waals surface area contributed by atoms with E-state index in [0.717, 1.165) is 0 Å². The summed E-state index contributed by atoms with van der Waals surface area (Å²) in [5.41, 5.74) is 0. The summed E-state index contributed by atoms with van der Waals surface area (Å²) in [4.78, 5) is 0. The minimum atomic E-state index is -1.29. The third-order valence-corrected chi connectivity index (χ3v) is 2.23. The maximum Gasteiger partial charge on any atom is 0.0608 e. The Morgan fingerprint density at radius 1 is 1.40 bits per heavy atom. The second-order valence-electron chi connectivity index (χ2n) is 0.399. The third-order valence-electron chi connectivity index (χ3n) is 0.0825. The minimum absolute atomic E-state index is 1.27. The first-order chi connectivity index (χ1) is 2.27. The standard InChI is InChI=1S/CH2Cl3P/c2-1-5(3)4/h1,5H. The van der Waals surface area contributed by atoms with Gasteiger partial charge in [-0.15, -0.1) is 0 Å². The van der Waals surface area contributed by atoms with Crippen LogP contribution in [0.15, 0.2) is 0 Å². The molecule has 0 atom stereocenters. The molecule has 0 saturated heterocycles. The van der Waals surface area contributed by atoms with Crippen LogP contribution in [0.3, 0.4) is 0 Å². The fourth-order valence-electron chi connectivity index (χ4n) is 0. The van der Waals surface area contributed by atoms with E-state index in [-0.39, 0.29) is 0 Å². The molecule has 0 aliphatic heterocycles. The van der Waals surface area contributed by atoms with Crippen molar-refractivity contribution in [1.82, 2.24) is 0 Å². The van der Waals surface area contributed by atoms with Crippen LogP contribution in [-0.2, 0) is 0 Å². The minimum Gasteiger partial charge on any atom is -0.0906 e. The molecule has 0 fully saturated rings. The summed E-state index contributed by atoms with van der Waals surface area (Å²) in [7, 11) is 0. The molecule has 0 aliphatic carbocycles. The first-order valence-corrected chi connectivity index (χ1v) is 4.92. The van der Waals surface area contributed by atoms with E-state index in [9.17, 15) is 0 Å². The molecule has 32 valence electrons. The average molecular weight is 151 g/mol. The van der Waals surface area contributed by atoms with E-state index in [0.29, 0.717) is 0 Å². The number of halogens is 3. The average Bonchev–Trinajstić information content (AvgIpc) is 1.38. The van der Waals surface area contributed by atoms with Gasteiger partial charge < -0.3 is 0 Å². The zero-order valence-electron chi connectivity index (χ0n) is 2.21. The fourth-order valence-corrected chi connectivity index (χ4v) is 0. The maximum atomic E-state index is 5.14. The summed E-state index contributed by atoms with van der Waals surface area (Å²) in [5, 5.41) is 1.27. The van der Waals surface area contributed by atoms with Crippen molar-refractivity contribution >= 4 is 45.6 Å². The van der Waals surface area contributed by atoms with Crippen LogP contribution in [0, 0.1) is 0 Å². The molecule has 0 bridgehead atoms. The van der Waals surface area contributed by atoms with Crippen LogP contribution in [0.1, 0.15) is 0 Å². The van der Waals surface area contributed by atoms with Gasteiger partial charge in [-0.2, -0.15) is 0 Å². The molecule has 0 radical (unpaired) electrons. The fraction of sp³-hybridized carbons (Fsp3) is 0. The highest BCUT2D eigenvalue weighted by Crippen LogP contribution is 2.33. The molecule has 0 rings (SSSR count). The van der Waals surface area contributed by atoms with Crippen molar-refractivity contribution < 1.29 is 0 Å². The van der Waals surface area contributed by atoms with E-state index in [4.69, 9.17) is 34.1 Å². The molecule has 4 heteroatoms. The predicted octanol–water partition coefficient (Wildman–Crippen LogP) is 2.51. The highest BCUT2D eigenvalue weighted by molar-refractivity contribution is 8.03. The van der Waals surface area contributed by atoms with Crippen molar-refractivity contribution in [2.75, 3.05) is 0 Å². The molecule has 0 saturated carbocycles. The molecule has 0 spiro atoms. The molecule has 5 heavy (non-hydrogen) atoms. The van der Waals surface area contributed by atoms with Crippen LogP contribution >= 0.6 is 40.3 Å². The van der Waals surface area contributed by atoms with Crippen LogP contribution in [0.5, 0.6) is 0 Å². The molecule has 0 amide bonds. The van der Waals surface area contributed by atoms with Gasteiger partial charge in [-0.05, 0) is 0 Å². The van der Waals surface area contributed by atoms with Gasteiger partial charge >= 0.3 is 0 Å². The summed E-state index contributed by atoms with van der Waals surface area (Å²) in [6, 6.07) is 0. The molecular weight excluding hydrogens is 149 g/mol. The first-order valence-electron chi connectivity index (χ1n) is 0.885. The molecule has 0 aromatic rings. The van der Waals surface area contributed by atoms with E-state index >= 15 is 0 Å². The van der Waals surface area contributed by atoms with Gasteiger partial charge in [0.05, 0.1) is 6.25 Å². The SMILES string of the molecule is ClC=[PH](Cl)Cl. The quantitative estimate of drug-likeness (QED) is 0.467. The lowest BCUT2D eigenvalue weighted by Gasteiger charge is -1.67. The van der Waals surface area contributed by atoms with E-state index in [2.05, 4.69) is 0 Å².